The maximum absolute atomic E-state index is 14.0. The molecule has 1 N–H and O–H groups in total. The highest BCUT2D eigenvalue weighted by Gasteiger charge is 2.61. The van der Waals surface area contributed by atoms with Gasteiger partial charge in [0.1, 0.15) is 18.1 Å². The number of anilines is 3. The summed E-state index contributed by atoms with van der Waals surface area (Å²) in [6.45, 7) is 2.05. The van der Waals surface area contributed by atoms with Gasteiger partial charge < -0.3 is 10.1 Å². The number of amides is 3. The number of carbonyl (C=O) groups is 3. The van der Waals surface area contributed by atoms with Crippen LogP contribution in [0.25, 0.3) is 0 Å². The predicted octanol–water partition coefficient (Wildman–Crippen LogP) is 4.14. The van der Waals surface area contributed by atoms with Crippen LogP contribution in [-0.2, 0) is 19.3 Å². The molecule has 7 nitrogen and oxygen atoms in total. The second-order valence-corrected chi connectivity index (χ2v) is 9.19. The van der Waals surface area contributed by atoms with Gasteiger partial charge in [-0.25, -0.2) is 4.39 Å². The van der Waals surface area contributed by atoms with E-state index in [4.69, 9.17) is 4.74 Å². The van der Waals surface area contributed by atoms with Crippen LogP contribution >= 0.6 is 11.8 Å². The Morgan fingerprint density at radius 1 is 1.06 bits per heavy atom. The lowest BCUT2D eigenvalue weighted by Gasteiger charge is -2.33. The fourth-order valence-corrected chi connectivity index (χ4v) is 5.85. The molecule has 1 fully saturated rings. The van der Waals surface area contributed by atoms with Crippen molar-refractivity contribution in [3.8, 4) is 5.75 Å². The van der Waals surface area contributed by atoms with Crippen molar-refractivity contribution in [3.05, 3.63) is 84.2 Å². The molecule has 3 aromatic carbocycles. The maximum atomic E-state index is 14.0. The molecule has 0 saturated carbocycles. The molecule has 5 rings (SSSR count). The van der Waals surface area contributed by atoms with E-state index in [0.29, 0.717) is 35.0 Å². The summed E-state index contributed by atoms with van der Waals surface area (Å²) in [5.74, 6) is -0.883. The first kappa shape index (κ1) is 22.9. The Bertz CT molecular complexity index is 1320. The van der Waals surface area contributed by atoms with Gasteiger partial charge in [0.25, 0.3) is 5.91 Å². The quantitative estimate of drug-likeness (QED) is 0.561. The normalized spacial score (nSPS) is 18.8. The smallest absolute Gasteiger partial charge is 0.269 e. The number of halogens is 1. The molecule has 2 aliphatic heterocycles. The number of ether oxygens (including phenoxy) is 1. The Labute approximate surface area is 205 Å². The number of nitrogens with zero attached hydrogens (tertiary/aromatic N) is 2. The van der Waals surface area contributed by atoms with Crippen LogP contribution in [0.2, 0.25) is 0 Å². The average Bonchev–Trinajstić information content (AvgIpc) is 3.32. The fourth-order valence-electron chi connectivity index (χ4n) is 4.49. The molecule has 1 spiro atoms. The van der Waals surface area contributed by atoms with Crippen LogP contribution in [0, 0.1) is 5.82 Å². The van der Waals surface area contributed by atoms with E-state index in [-0.39, 0.29) is 18.2 Å². The zero-order chi connectivity index (χ0) is 24.6. The molecule has 1 unspecified atom stereocenters. The Balaban J connectivity index is 1.49. The topological polar surface area (TPSA) is 79.0 Å². The molecule has 2 aliphatic rings. The molecule has 3 amide bonds. The number of para-hydroxylation sites is 3. The minimum Gasteiger partial charge on any atom is -0.492 e. The highest BCUT2D eigenvalue weighted by molar-refractivity contribution is 8.02. The van der Waals surface area contributed by atoms with E-state index in [9.17, 15) is 18.8 Å². The van der Waals surface area contributed by atoms with Gasteiger partial charge in [0.05, 0.1) is 23.7 Å². The van der Waals surface area contributed by atoms with Gasteiger partial charge in [0.2, 0.25) is 16.7 Å². The molecule has 0 radical (unpaired) electrons. The van der Waals surface area contributed by atoms with Crippen LogP contribution in [0.3, 0.4) is 0 Å². The van der Waals surface area contributed by atoms with E-state index in [1.165, 1.54) is 45.8 Å². The summed E-state index contributed by atoms with van der Waals surface area (Å²) in [6, 6.07) is 19.7. The van der Waals surface area contributed by atoms with Gasteiger partial charge in [0, 0.05) is 11.3 Å². The number of hydrogen-bond donors (Lipinski definition) is 1. The van der Waals surface area contributed by atoms with Gasteiger partial charge in [-0.15, -0.1) is 11.8 Å². The largest absolute Gasteiger partial charge is 0.492 e. The van der Waals surface area contributed by atoms with Gasteiger partial charge >= 0.3 is 0 Å². The zero-order valence-corrected chi connectivity index (χ0v) is 19.7. The van der Waals surface area contributed by atoms with Gasteiger partial charge in [-0.05, 0) is 49.4 Å². The van der Waals surface area contributed by atoms with Crippen molar-refractivity contribution in [2.45, 2.75) is 11.8 Å². The molecule has 0 aliphatic carbocycles. The second kappa shape index (κ2) is 9.07. The Morgan fingerprint density at radius 3 is 2.54 bits per heavy atom. The van der Waals surface area contributed by atoms with Gasteiger partial charge in [0.15, 0.2) is 0 Å². The van der Waals surface area contributed by atoms with Crippen LogP contribution in [0.15, 0.2) is 72.8 Å². The van der Waals surface area contributed by atoms with Crippen LogP contribution in [-0.4, -0.2) is 36.6 Å². The Morgan fingerprint density at radius 2 is 1.77 bits per heavy atom. The summed E-state index contributed by atoms with van der Waals surface area (Å²) in [5.41, 5.74) is 2.10. The number of rotatable bonds is 6. The number of carbonyl (C=O) groups excluding carboxylic acids is 3. The molecule has 35 heavy (non-hydrogen) atoms. The fraction of sp³-hybridized carbons (Fsp3) is 0.192. The molecule has 9 heteroatoms. The molecule has 178 valence electrons. The van der Waals surface area contributed by atoms with Crippen molar-refractivity contribution in [2.75, 3.05) is 34.0 Å². The Kier molecular flexibility index (Phi) is 5.94. The lowest BCUT2D eigenvalue weighted by Crippen LogP contribution is -2.50. The number of fused-ring (bicyclic) bond motifs is 2. The molecule has 2 heterocycles. The van der Waals surface area contributed by atoms with E-state index in [1.54, 1.807) is 42.5 Å². The van der Waals surface area contributed by atoms with Crippen LogP contribution in [0.5, 0.6) is 5.75 Å². The molecule has 1 saturated heterocycles. The summed E-state index contributed by atoms with van der Waals surface area (Å²) in [4.78, 5) is 41.5. The second-order valence-electron chi connectivity index (χ2n) is 8.02. The maximum Gasteiger partial charge on any atom is 0.269 e. The van der Waals surface area contributed by atoms with Crippen molar-refractivity contribution < 1.29 is 23.5 Å². The minimum atomic E-state index is -1.37. The summed E-state index contributed by atoms with van der Waals surface area (Å²) in [5, 5.41) is 2.82. The average molecular weight is 492 g/mol. The third-order valence-electron chi connectivity index (χ3n) is 5.91. The van der Waals surface area contributed by atoms with Crippen LogP contribution < -0.4 is 19.9 Å². The monoisotopic (exact) mass is 491 g/mol. The predicted molar refractivity (Wildman–Crippen MR) is 133 cm³/mol. The number of thioether (sulfide) groups is 1. The van der Waals surface area contributed by atoms with Crippen LogP contribution in [0.4, 0.5) is 21.5 Å². The van der Waals surface area contributed by atoms with Crippen molar-refractivity contribution >= 4 is 46.5 Å². The summed E-state index contributed by atoms with van der Waals surface area (Å²) in [7, 11) is 0. The van der Waals surface area contributed by atoms with Crippen molar-refractivity contribution in [1.82, 2.24) is 0 Å². The lowest BCUT2D eigenvalue weighted by atomic mass is 10.0. The molecular weight excluding hydrogens is 469 g/mol. The number of hydrogen-bond acceptors (Lipinski definition) is 5. The van der Waals surface area contributed by atoms with Crippen molar-refractivity contribution in [3.63, 3.8) is 0 Å². The first-order valence-electron chi connectivity index (χ1n) is 11.1. The third-order valence-corrected chi connectivity index (χ3v) is 7.30. The summed E-state index contributed by atoms with van der Waals surface area (Å²) < 4.78 is 19.2. The summed E-state index contributed by atoms with van der Waals surface area (Å²) in [6.07, 6.45) is 0. The highest BCUT2D eigenvalue weighted by atomic mass is 32.2. The third kappa shape index (κ3) is 3.81. The van der Waals surface area contributed by atoms with E-state index in [2.05, 4.69) is 5.32 Å². The van der Waals surface area contributed by atoms with E-state index in [1.807, 2.05) is 13.0 Å². The van der Waals surface area contributed by atoms with Crippen molar-refractivity contribution in [2.24, 2.45) is 0 Å². The van der Waals surface area contributed by atoms with Crippen LogP contribution in [0.1, 0.15) is 12.5 Å². The van der Waals surface area contributed by atoms with E-state index < -0.39 is 22.5 Å². The zero-order valence-electron chi connectivity index (χ0n) is 18.9. The first-order chi connectivity index (χ1) is 17.0. The Hall–Kier alpha value is -3.85. The standard InChI is InChI=1S/C26H22FN3O4S/c1-2-34-22-10-6-4-8-20(22)28-23(31)15-29-21-9-5-3-7-19(21)26(25(29)33)30(24(32)16-35-26)18-13-11-17(27)12-14-18/h3-14H,2,15-16H2,1H3,(H,28,31). The number of benzene rings is 3. The molecular formula is C26H22FN3O4S. The molecule has 0 aromatic heterocycles. The van der Waals surface area contributed by atoms with E-state index >= 15 is 0 Å². The summed E-state index contributed by atoms with van der Waals surface area (Å²) >= 11 is 1.20. The molecule has 1 atom stereocenters. The SMILES string of the molecule is CCOc1ccccc1NC(=O)CN1C(=O)C2(SCC(=O)N2c2ccc(F)cc2)c2ccccc21. The van der Waals surface area contributed by atoms with Crippen molar-refractivity contribution in [1.29, 1.82) is 0 Å². The van der Waals surface area contributed by atoms with Gasteiger partial charge in [-0.3, -0.25) is 24.2 Å². The van der Waals surface area contributed by atoms with Gasteiger partial charge in [-0.2, -0.15) is 0 Å². The molecule has 0 bridgehead atoms. The molecule has 3 aromatic rings. The van der Waals surface area contributed by atoms with E-state index in [0.717, 1.165) is 0 Å². The number of nitrogens with one attached hydrogen (secondary N) is 1. The van der Waals surface area contributed by atoms with Gasteiger partial charge in [-0.1, -0.05) is 30.3 Å². The minimum absolute atomic E-state index is 0.0826. The lowest BCUT2D eigenvalue weighted by molar-refractivity contribution is -0.124. The first-order valence-corrected chi connectivity index (χ1v) is 12.1. The highest BCUT2D eigenvalue weighted by Crippen LogP contribution is 2.55.